The zero-order valence-electron chi connectivity index (χ0n) is 17.7. The molecule has 0 atom stereocenters. The Morgan fingerprint density at radius 3 is 2.66 bits per heavy atom. The highest BCUT2D eigenvalue weighted by molar-refractivity contribution is 5.91. The number of carbonyl (C=O) groups is 1. The largest absolute Gasteiger partial charge is 0.486 e. The van der Waals surface area contributed by atoms with Crippen LogP contribution >= 0.6 is 0 Å². The number of alkyl halides is 3. The van der Waals surface area contributed by atoms with E-state index in [9.17, 15) is 18.0 Å². The van der Waals surface area contributed by atoms with Crippen LogP contribution in [-0.4, -0.2) is 43.4 Å². The van der Waals surface area contributed by atoms with Gasteiger partial charge in [-0.3, -0.25) is 4.79 Å². The molecule has 0 fully saturated rings. The first-order valence-electron chi connectivity index (χ1n) is 10.3. The number of carbonyl (C=O) groups excluding carboxylic acids is 1. The number of rotatable bonds is 9. The lowest BCUT2D eigenvalue weighted by atomic mass is 10.1. The standard InChI is InChI=1S/C22H25F3N4O3/c1-2-29(11-3-10-26)21-15(4-8-19(28-21)22(23,24)25)5-9-20(30)27-16-6-7-17-18(14-16)32-13-12-31-17/h4,6-8,10,14,26H,2-3,5,9,11-13H2,1H3,(H,27,30). The van der Waals surface area contributed by atoms with Gasteiger partial charge in [0, 0.05) is 31.3 Å². The van der Waals surface area contributed by atoms with Crippen molar-refractivity contribution >= 4 is 23.6 Å². The van der Waals surface area contributed by atoms with Crippen molar-refractivity contribution in [2.24, 2.45) is 0 Å². The highest BCUT2D eigenvalue weighted by atomic mass is 19.4. The van der Waals surface area contributed by atoms with Crippen LogP contribution in [0.25, 0.3) is 0 Å². The third-order valence-electron chi connectivity index (χ3n) is 4.92. The van der Waals surface area contributed by atoms with E-state index in [1.807, 2.05) is 6.92 Å². The number of hydrogen-bond donors (Lipinski definition) is 2. The van der Waals surface area contributed by atoms with Crippen LogP contribution in [0.1, 0.15) is 31.0 Å². The lowest BCUT2D eigenvalue weighted by molar-refractivity contribution is -0.141. The number of halogens is 3. The van der Waals surface area contributed by atoms with Gasteiger partial charge in [-0.25, -0.2) is 4.98 Å². The predicted octanol–water partition coefficient (Wildman–Crippen LogP) is 4.31. The maximum absolute atomic E-state index is 13.2. The van der Waals surface area contributed by atoms with Gasteiger partial charge in [0.05, 0.1) is 0 Å². The molecule has 7 nitrogen and oxygen atoms in total. The molecule has 2 N–H and O–H groups in total. The number of benzene rings is 1. The second-order valence-corrected chi connectivity index (χ2v) is 7.16. The molecular formula is C22H25F3N4O3. The second kappa shape index (κ2) is 10.3. The van der Waals surface area contributed by atoms with Crippen molar-refractivity contribution in [2.45, 2.75) is 32.4 Å². The number of nitrogens with one attached hydrogen (secondary N) is 2. The van der Waals surface area contributed by atoms with Gasteiger partial charge in [0.1, 0.15) is 24.7 Å². The Balaban J connectivity index is 1.72. The molecule has 32 heavy (non-hydrogen) atoms. The first-order valence-corrected chi connectivity index (χ1v) is 10.3. The lowest BCUT2D eigenvalue weighted by Crippen LogP contribution is -2.27. The molecule has 2 aromatic rings. The maximum Gasteiger partial charge on any atom is 0.433 e. The highest BCUT2D eigenvalue weighted by Gasteiger charge is 2.33. The zero-order chi connectivity index (χ0) is 23.1. The molecule has 1 aromatic carbocycles. The SMILES string of the molecule is CCN(CCC=N)c1nc(C(F)(F)F)ccc1CCC(=O)Nc1ccc2c(c1)OCCO2. The monoisotopic (exact) mass is 450 g/mol. The zero-order valence-corrected chi connectivity index (χ0v) is 17.7. The van der Waals surface area contributed by atoms with E-state index in [-0.39, 0.29) is 24.6 Å². The predicted molar refractivity (Wildman–Crippen MR) is 115 cm³/mol. The molecule has 2 heterocycles. The van der Waals surface area contributed by atoms with Crippen molar-refractivity contribution in [2.75, 3.05) is 36.5 Å². The van der Waals surface area contributed by atoms with E-state index in [0.29, 0.717) is 55.5 Å². The lowest BCUT2D eigenvalue weighted by Gasteiger charge is -2.25. The number of anilines is 2. The summed E-state index contributed by atoms with van der Waals surface area (Å²) in [6.45, 7) is 3.50. The summed E-state index contributed by atoms with van der Waals surface area (Å²) in [5, 5.41) is 9.99. The Labute approximate surface area is 184 Å². The number of aromatic nitrogens is 1. The number of hydrogen-bond acceptors (Lipinski definition) is 6. The van der Waals surface area contributed by atoms with Crippen molar-refractivity contribution in [1.29, 1.82) is 5.41 Å². The van der Waals surface area contributed by atoms with Gasteiger partial charge in [-0.15, -0.1) is 0 Å². The number of nitrogens with zero attached hydrogens (tertiary/aromatic N) is 2. The van der Waals surface area contributed by atoms with E-state index in [4.69, 9.17) is 14.9 Å². The molecule has 1 aliphatic rings. The molecule has 0 bridgehead atoms. The van der Waals surface area contributed by atoms with Crippen molar-refractivity contribution in [1.82, 2.24) is 4.98 Å². The summed E-state index contributed by atoms with van der Waals surface area (Å²) in [5.74, 6) is 1.07. The van der Waals surface area contributed by atoms with Crippen LogP contribution in [0.15, 0.2) is 30.3 Å². The first kappa shape index (κ1) is 23.4. The second-order valence-electron chi connectivity index (χ2n) is 7.16. The van der Waals surface area contributed by atoms with Crippen molar-refractivity contribution in [3.63, 3.8) is 0 Å². The Bertz CT molecular complexity index is 966. The quantitative estimate of drug-likeness (QED) is 0.556. The summed E-state index contributed by atoms with van der Waals surface area (Å²) in [4.78, 5) is 18.0. The van der Waals surface area contributed by atoms with E-state index in [2.05, 4.69) is 10.3 Å². The summed E-state index contributed by atoms with van der Waals surface area (Å²) in [5.41, 5.74) is 0.110. The summed E-state index contributed by atoms with van der Waals surface area (Å²) >= 11 is 0. The third kappa shape index (κ3) is 5.89. The minimum atomic E-state index is -4.57. The molecule has 3 rings (SSSR count). The Morgan fingerprint density at radius 1 is 1.22 bits per heavy atom. The molecule has 0 saturated heterocycles. The fourth-order valence-electron chi connectivity index (χ4n) is 3.33. The van der Waals surface area contributed by atoms with Crippen LogP contribution < -0.4 is 19.7 Å². The summed E-state index contributed by atoms with van der Waals surface area (Å²) in [7, 11) is 0. The van der Waals surface area contributed by atoms with Gasteiger partial charge in [0.15, 0.2) is 11.5 Å². The molecular weight excluding hydrogens is 425 g/mol. The fourth-order valence-corrected chi connectivity index (χ4v) is 3.33. The van der Waals surface area contributed by atoms with Gasteiger partial charge < -0.3 is 25.1 Å². The van der Waals surface area contributed by atoms with Gasteiger partial charge in [-0.1, -0.05) is 6.07 Å². The van der Waals surface area contributed by atoms with Crippen LogP contribution in [0, 0.1) is 5.41 Å². The Hall–Kier alpha value is -3.30. The highest BCUT2D eigenvalue weighted by Crippen LogP contribution is 2.33. The average Bonchev–Trinajstić information content (AvgIpc) is 2.78. The van der Waals surface area contributed by atoms with Gasteiger partial charge in [0.2, 0.25) is 5.91 Å². The number of aryl methyl sites for hydroxylation is 1. The van der Waals surface area contributed by atoms with Crippen LogP contribution in [0.3, 0.4) is 0 Å². The molecule has 0 saturated carbocycles. The fraction of sp³-hybridized carbons (Fsp3) is 0.409. The Kier molecular flexibility index (Phi) is 7.55. The average molecular weight is 450 g/mol. The van der Waals surface area contributed by atoms with Crippen molar-refractivity contribution in [3.05, 3.63) is 41.6 Å². The molecule has 0 unspecified atom stereocenters. The Morgan fingerprint density at radius 2 is 1.97 bits per heavy atom. The summed E-state index contributed by atoms with van der Waals surface area (Å²) < 4.78 is 50.5. The van der Waals surface area contributed by atoms with E-state index in [0.717, 1.165) is 6.07 Å². The number of pyridine rings is 1. The molecule has 0 aliphatic carbocycles. The smallest absolute Gasteiger partial charge is 0.433 e. The molecule has 172 valence electrons. The molecule has 0 spiro atoms. The van der Waals surface area contributed by atoms with Gasteiger partial charge in [-0.2, -0.15) is 13.2 Å². The van der Waals surface area contributed by atoms with E-state index in [1.165, 1.54) is 12.3 Å². The summed E-state index contributed by atoms with van der Waals surface area (Å²) in [6.07, 6.45) is -2.69. The minimum absolute atomic E-state index is 0.0661. The van der Waals surface area contributed by atoms with Crippen LogP contribution in [0.2, 0.25) is 0 Å². The van der Waals surface area contributed by atoms with E-state index < -0.39 is 11.9 Å². The maximum atomic E-state index is 13.2. The van der Waals surface area contributed by atoms with Gasteiger partial charge in [0.25, 0.3) is 0 Å². The van der Waals surface area contributed by atoms with Crippen molar-refractivity contribution < 1.29 is 27.4 Å². The first-order chi connectivity index (χ1) is 15.3. The number of amides is 1. The van der Waals surface area contributed by atoms with E-state index >= 15 is 0 Å². The minimum Gasteiger partial charge on any atom is -0.486 e. The molecule has 1 aromatic heterocycles. The molecule has 1 aliphatic heterocycles. The van der Waals surface area contributed by atoms with Crippen molar-refractivity contribution in [3.8, 4) is 11.5 Å². The van der Waals surface area contributed by atoms with Gasteiger partial charge >= 0.3 is 6.18 Å². The summed E-state index contributed by atoms with van der Waals surface area (Å²) in [6, 6.07) is 7.39. The van der Waals surface area contributed by atoms with Crippen LogP contribution in [0.4, 0.5) is 24.7 Å². The number of ether oxygens (including phenoxy) is 2. The normalized spacial score (nSPS) is 12.9. The topological polar surface area (TPSA) is 87.5 Å². The van der Waals surface area contributed by atoms with E-state index in [1.54, 1.807) is 23.1 Å². The van der Waals surface area contributed by atoms with Crippen LogP contribution in [-0.2, 0) is 17.4 Å². The molecule has 0 radical (unpaired) electrons. The molecule has 1 amide bonds. The third-order valence-corrected chi connectivity index (χ3v) is 4.92. The number of fused-ring (bicyclic) bond motifs is 1. The van der Waals surface area contributed by atoms with Crippen LogP contribution in [0.5, 0.6) is 11.5 Å². The molecule has 10 heteroatoms. The van der Waals surface area contributed by atoms with Gasteiger partial charge in [-0.05, 0) is 49.7 Å².